The minimum atomic E-state index is 1.23. The van der Waals surface area contributed by atoms with Crippen LogP contribution in [-0.4, -0.2) is 7.64 Å². The Morgan fingerprint density at radius 2 is 1.21 bits per heavy atom. The van der Waals surface area contributed by atoms with Gasteiger partial charge in [-0.05, 0) is 82.8 Å². The number of halogens is 2. The second-order valence-electron chi connectivity index (χ2n) is 3.69. The monoisotopic (exact) mass is 438 g/mol. The van der Waals surface area contributed by atoms with Crippen molar-refractivity contribution >= 4 is 75.0 Å². The number of hydrogen-bond donors (Lipinski definition) is 1. The van der Waals surface area contributed by atoms with Crippen molar-refractivity contribution in [1.82, 2.24) is 0 Å². The van der Waals surface area contributed by atoms with Crippen molar-refractivity contribution in [1.29, 1.82) is 0 Å². The topological polar surface area (TPSA) is 12.4 Å². The molecular formula is C12H15BBr2NS3. The van der Waals surface area contributed by atoms with Crippen LogP contribution in [0.5, 0.6) is 0 Å². The zero-order valence-corrected chi connectivity index (χ0v) is 16.9. The molecule has 1 nitrogen and oxygen atoms in total. The summed E-state index contributed by atoms with van der Waals surface area (Å²) in [5, 5.41) is 0. The van der Waals surface area contributed by atoms with Crippen molar-refractivity contribution in [3.8, 4) is 0 Å². The normalized spacial score (nSPS) is 8.95. The Balaban J connectivity index is 0.000000284. The number of thiophene rings is 2. The Hall–Kier alpha value is 0.575. The average molecular weight is 440 g/mol. The molecule has 7 heteroatoms. The number of nitrogens with zero attached hydrogens (tertiary/aromatic N) is 1. The maximum absolute atomic E-state index is 4.34. The van der Waals surface area contributed by atoms with E-state index in [1.54, 1.807) is 22.7 Å². The van der Waals surface area contributed by atoms with Gasteiger partial charge in [-0.25, -0.2) is 0 Å². The second-order valence-corrected chi connectivity index (χ2v) is 9.20. The first-order valence-corrected chi connectivity index (χ1v) is 8.93. The summed E-state index contributed by atoms with van der Waals surface area (Å²) in [6.07, 6.45) is 0. The molecule has 0 bridgehead atoms. The Kier molecular flexibility index (Phi) is 10.6. The first-order chi connectivity index (χ1) is 8.81. The van der Waals surface area contributed by atoms with E-state index in [1.165, 1.54) is 28.5 Å². The SMILES string of the molecule is Cc1cc(Br)sc1C.Cc1cc(Br)sc1C.[B]=NS. The molecule has 0 spiro atoms. The number of thiol groups is 1. The van der Waals surface area contributed by atoms with Gasteiger partial charge in [-0.2, -0.15) is 0 Å². The summed E-state index contributed by atoms with van der Waals surface area (Å²) in [5.41, 5.74) is 2.75. The first kappa shape index (κ1) is 19.6. The van der Waals surface area contributed by atoms with Crippen LogP contribution in [0.2, 0.25) is 0 Å². The summed E-state index contributed by atoms with van der Waals surface area (Å²) in [7, 11) is 4.34. The number of aryl methyl sites for hydroxylation is 4. The van der Waals surface area contributed by atoms with Crippen LogP contribution in [0, 0.1) is 27.7 Å². The first-order valence-electron chi connectivity index (χ1n) is 5.31. The molecule has 0 saturated heterocycles. The molecule has 0 amide bonds. The zero-order valence-electron chi connectivity index (χ0n) is 11.2. The van der Waals surface area contributed by atoms with Crippen LogP contribution in [0.25, 0.3) is 0 Å². The minimum absolute atomic E-state index is 1.23. The summed E-state index contributed by atoms with van der Waals surface area (Å²) < 4.78 is 5.15. The molecule has 0 N–H and O–H groups in total. The molecule has 0 atom stereocenters. The maximum atomic E-state index is 4.34. The molecule has 0 saturated carbocycles. The van der Waals surface area contributed by atoms with Gasteiger partial charge in [0.15, 0.2) is 0 Å². The molecule has 1 radical (unpaired) electrons. The van der Waals surface area contributed by atoms with E-state index in [-0.39, 0.29) is 0 Å². The molecule has 103 valence electrons. The molecule has 2 heterocycles. The van der Waals surface area contributed by atoms with Gasteiger partial charge in [-0.1, -0.05) is 0 Å². The van der Waals surface area contributed by atoms with Crippen LogP contribution in [0.3, 0.4) is 0 Å². The van der Waals surface area contributed by atoms with Gasteiger partial charge < -0.3 is 0 Å². The fourth-order valence-corrected chi connectivity index (χ4v) is 4.70. The molecule has 19 heavy (non-hydrogen) atoms. The van der Waals surface area contributed by atoms with Gasteiger partial charge in [0.05, 0.1) is 7.57 Å². The quantitative estimate of drug-likeness (QED) is 0.358. The third-order valence-corrected chi connectivity index (χ3v) is 5.58. The van der Waals surface area contributed by atoms with E-state index in [0.717, 1.165) is 0 Å². The average Bonchev–Trinajstić information content (AvgIpc) is 2.72. The number of hydrogen-bond acceptors (Lipinski definition) is 4. The molecule has 0 unspecified atom stereocenters. The zero-order chi connectivity index (χ0) is 15.0. The van der Waals surface area contributed by atoms with Crippen LogP contribution < -0.4 is 0 Å². The molecule has 2 aromatic rings. The molecular weight excluding hydrogens is 425 g/mol. The molecule has 0 aliphatic heterocycles. The van der Waals surface area contributed by atoms with Crippen LogP contribution in [0.4, 0.5) is 0 Å². The van der Waals surface area contributed by atoms with Gasteiger partial charge in [-0.15, -0.1) is 22.7 Å². The third kappa shape index (κ3) is 8.45. The van der Waals surface area contributed by atoms with Crippen molar-refractivity contribution in [2.75, 3.05) is 0 Å². The van der Waals surface area contributed by atoms with E-state index in [0.29, 0.717) is 0 Å². The fourth-order valence-electron chi connectivity index (χ4n) is 1.06. The van der Waals surface area contributed by atoms with Crippen molar-refractivity contribution in [2.45, 2.75) is 27.7 Å². The predicted molar refractivity (Wildman–Crippen MR) is 100 cm³/mol. The molecule has 2 aromatic heterocycles. The van der Waals surface area contributed by atoms with Crippen molar-refractivity contribution < 1.29 is 0 Å². The Bertz CT molecular complexity index is 440. The standard InChI is InChI=1S/2C6H7BrS.BHNS/c2*1-4-3-6(7)8-5(4)2;1-2-3/h2*3H,1-2H3;3H. The van der Waals surface area contributed by atoms with Crippen LogP contribution in [0.15, 0.2) is 24.0 Å². The Labute approximate surface area is 146 Å². The van der Waals surface area contributed by atoms with Gasteiger partial charge in [0.25, 0.3) is 0 Å². The van der Waals surface area contributed by atoms with E-state index in [9.17, 15) is 0 Å². The van der Waals surface area contributed by atoms with E-state index >= 15 is 0 Å². The Morgan fingerprint density at radius 1 is 0.947 bits per heavy atom. The summed E-state index contributed by atoms with van der Waals surface area (Å²) in [4.78, 5) is 2.80. The third-order valence-electron chi connectivity index (χ3n) is 2.27. The van der Waals surface area contributed by atoms with Crippen LogP contribution in [-0.2, 0) is 0 Å². The summed E-state index contributed by atoms with van der Waals surface area (Å²) in [6, 6.07) is 4.28. The van der Waals surface area contributed by atoms with E-state index in [4.69, 9.17) is 0 Å². The van der Waals surface area contributed by atoms with E-state index in [2.05, 4.69) is 96.4 Å². The molecule has 0 aromatic carbocycles. The van der Waals surface area contributed by atoms with Crippen molar-refractivity contribution in [3.05, 3.63) is 40.6 Å². The van der Waals surface area contributed by atoms with Gasteiger partial charge in [0, 0.05) is 9.75 Å². The summed E-state index contributed by atoms with van der Waals surface area (Å²) in [5.74, 6) is 0. The molecule has 2 rings (SSSR count). The van der Waals surface area contributed by atoms with Gasteiger partial charge in [0.1, 0.15) is 0 Å². The van der Waals surface area contributed by atoms with E-state index in [1.807, 2.05) is 0 Å². The van der Waals surface area contributed by atoms with Crippen LogP contribution in [0.1, 0.15) is 20.9 Å². The molecule has 0 aliphatic rings. The van der Waals surface area contributed by atoms with Crippen molar-refractivity contribution in [3.63, 3.8) is 0 Å². The van der Waals surface area contributed by atoms with Gasteiger partial charge >= 0.3 is 24.8 Å². The van der Waals surface area contributed by atoms with Crippen molar-refractivity contribution in [2.24, 2.45) is 4.30 Å². The molecule has 0 fully saturated rings. The van der Waals surface area contributed by atoms with Crippen LogP contribution >= 0.6 is 67.3 Å². The Morgan fingerprint density at radius 3 is 1.26 bits per heavy atom. The predicted octanol–water partition coefficient (Wildman–Crippen LogP) is 6.44. The summed E-state index contributed by atoms with van der Waals surface area (Å²) >= 11 is 13.6. The second kappa shape index (κ2) is 10.3. The van der Waals surface area contributed by atoms with Gasteiger partial charge in [-0.3, -0.25) is 0 Å². The van der Waals surface area contributed by atoms with E-state index < -0.39 is 0 Å². The fraction of sp³-hybridized carbons (Fsp3) is 0.333. The van der Waals surface area contributed by atoms with Gasteiger partial charge in [0.2, 0.25) is 0 Å². The summed E-state index contributed by atoms with van der Waals surface area (Å²) in [6.45, 7) is 8.50. The number of rotatable bonds is 0. The molecule has 0 aliphatic carbocycles.